The topological polar surface area (TPSA) is 0 Å². The predicted molar refractivity (Wildman–Crippen MR) is 1.11 cm³/mol. The zero-order valence-corrected chi connectivity index (χ0v) is 20.8. The molecule has 0 spiro atoms. The van der Waals surface area contributed by atoms with Gasteiger partial charge in [-0.05, 0) is 0 Å². The summed E-state index contributed by atoms with van der Waals surface area (Å²) in [4.78, 5) is 0. The molecule has 0 atom stereocenters. The molecule has 6 heavy (non-hydrogen) atoms. The standard InChI is InChI=1S/Hf.Ho.Rb.Rh.Zn.Zr.H/q;;+1;;;;-1. The second kappa shape index (κ2) is 30.5. The van der Waals surface area contributed by atoms with Crippen LogP contribution in [-0.4, -0.2) is 0 Å². The maximum Gasteiger partial charge on any atom is 1.00 e. The maximum absolute atomic E-state index is 0. The summed E-state index contributed by atoms with van der Waals surface area (Å²) >= 11 is 0. The molecule has 0 aliphatic rings. The van der Waals surface area contributed by atoms with Crippen LogP contribution in [0.1, 0.15) is 1.43 Å². The Hall–Kier alpha value is 6.06. The van der Waals surface area contributed by atoms with Crippen LogP contribution in [0.3, 0.4) is 0 Å². The van der Waals surface area contributed by atoms with E-state index >= 15 is 0 Å². The van der Waals surface area contributed by atoms with E-state index in [9.17, 15) is 0 Å². The molecule has 0 aromatic rings. The van der Waals surface area contributed by atoms with Gasteiger partial charge in [0.15, 0.2) is 0 Å². The first-order valence-corrected chi connectivity index (χ1v) is 0. The Balaban J connectivity index is 0. The van der Waals surface area contributed by atoms with E-state index < -0.39 is 0 Å². The minimum Gasteiger partial charge on any atom is -1.00 e. The number of hydrogen-bond acceptors (Lipinski definition) is 0. The fourth-order valence-corrected chi connectivity index (χ4v) is 0. The van der Waals surface area contributed by atoms with Crippen molar-refractivity contribution in [2.45, 2.75) is 0 Å². The fraction of sp³-hybridized carbons (Fsp3) is 0. The Bertz CT molecular complexity index is 19.7. The van der Waals surface area contributed by atoms with Crippen LogP contribution in [0.5, 0.6) is 0 Å². The van der Waals surface area contributed by atoms with Gasteiger partial charge in [0, 0.05) is 129 Å². The molecule has 6 heteroatoms. The molecular formula is HHfHoRbRhZnZr. The van der Waals surface area contributed by atoms with Gasteiger partial charge in [-0.25, -0.2) is 0 Å². The summed E-state index contributed by atoms with van der Waals surface area (Å²) in [6.45, 7) is 0. The van der Waals surface area contributed by atoms with E-state index in [1.165, 1.54) is 0 Å². The average Bonchev–Trinajstić information content (AvgIpc) is 0. The van der Waals surface area contributed by atoms with Gasteiger partial charge in [-0.3, -0.25) is 0 Å². The predicted octanol–water partition coefficient (Wildman–Crippen LogP) is -2.89. The minimum absolute atomic E-state index is 0. The van der Waals surface area contributed by atoms with Crippen molar-refractivity contribution in [2.75, 3.05) is 0 Å². The molecule has 0 nitrogen and oxygen atoms in total. The Kier molecular flexibility index (Phi) is 204. The largest absolute Gasteiger partial charge is 1.00 e. The second-order valence-corrected chi connectivity index (χ2v) is 0. The van der Waals surface area contributed by atoms with Gasteiger partial charge in [0.25, 0.3) is 0 Å². The van der Waals surface area contributed by atoms with Crippen LogP contribution in [0.2, 0.25) is 0 Å². The smallest absolute Gasteiger partial charge is 1.00 e. The van der Waals surface area contributed by atoms with Gasteiger partial charge in [-0.2, -0.15) is 0 Å². The SMILES string of the molecule is [H-].[Hf].[Ho].[Rb+].[Rh].[Zn].[Zr]. The molecular weight excluding hydrogens is 688 g/mol. The first-order chi connectivity index (χ1) is 0. The number of rotatable bonds is 0. The summed E-state index contributed by atoms with van der Waals surface area (Å²) in [5.41, 5.74) is 0. The Morgan fingerprint density at radius 3 is 1.17 bits per heavy atom. The van der Waals surface area contributed by atoms with Gasteiger partial charge in [-0.15, -0.1) is 0 Å². The van der Waals surface area contributed by atoms with Crippen LogP contribution in [0.15, 0.2) is 0 Å². The second-order valence-electron chi connectivity index (χ2n) is 0. The van der Waals surface area contributed by atoms with Crippen LogP contribution < -0.4 is 58.2 Å². The van der Waals surface area contributed by atoms with Crippen molar-refractivity contribution in [1.29, 1.82) is 0 Å². The van der Waals surface area contributed by atoms with Crippen molar-refractivity contribution in [2.24, 2.45) is 0 Å². The quantitative estimate of drug-likeness (QED) is 0.240. The molecule has 0 heterocycles. The number of hydrogen-bond donors (Lipinski definition) is 0. The molecule has 0 saturated carbocycles. The van der Waals surface area contributed by atoms with Gasteiger partial charge < -0.3 is 1.43 Å². The van der Waals surface area contributed by atoms with Crippen molar-refractivity contribution in [3.8, 4) is 0 Å². The zero-order chi connectivity index (χ0) is 0. The third-order valence-corrected chi connectivity index (χ3v) is 0. The average molecular weight is 689 g/mol. The van der Waals surface area contributed by atoms with E-state index in [0.29, 0.717) is 0 Å². The van der Waals surface area contributed by atoms with Gasteiger partial charge >= 0.3 is 58.2 Å². The molecule has 0 N–H and O–H groups in total. The van der Waals surface area contributed by atoms with Crippen molar-refractivity contribution in [3.63, 3.8) is 0 Å². The Morgan fingerprint density at radius 1 is 1.17 bits per heavy atom. The van der Waals surface area contributed by atoms with E-state index in [1.807, 2.05) is 0 Å². The summed E-state index contributed by atoms with van der Waals surface area (Å²) in [6.07, 6.45) is 0. The van der Waals surface area contributed by atoms with Gasteiger partial charge in [0.05, 0.1) is 0 Å². The van der Waals surface area contributed by atoms with Gasteiger partial charge in [0.1, 0.15) is 0 Å². The third-order valence-electron chi connectivity index (χ3n) is 0. The Labute approximate surface area is 182 Å². The van der Waals surface area contributed by atoms with E-state index in [2.05, 4.69) is 0 Å². The molecule has 0 unspecified atom stereocenters. The van der Waals surface area contributed by atoms with Gasteiger partial charge in [-0.1, -0.05) is 0 Å². The molecule has 0 bridgehead atoms. The molecule has 0 rings (SSSR count). The van der Waals surface area contributed by atoms with E-state index in [4.69, 9.17) is 0 Å². The summed E-state index contributed by atoms with van der Waals surface area (Å²) in [5, 5.41) is 0. The minimum atomic E-state index is 0. The molecule has 0 fully saturated rings. The van der Waals surface area contributed by atoms with E-state index in [-0.39, 0.29) is 188 Å². The summed E-state index contributed by atoms with van der Waals surface area (Å²) < 4.78 is 0. The molecule has 0 aliphatic heterocycles. The molecule has 0 aliphatic carbocycles. The molecule has 0 aromatic heterocycles. The molecule has 0 amide bonds. The molecule has 2 radical (unpaired) electrons. The van der Waals surface area contributed by atoms with Crippen LogP contribution in [-0.2, 0) is 91.0 Å². The van der Waals surface area contributed by atoms with Gasteiger partial charge in [0.2, 0.25) is 0 Å². The van der Waals surface area contributed by atoms with E-state index in [0.717, 1.165) is 0 Å². The van der Waals surface area contributed by atoms with Crippen LogP contribution >= 0.6 is 0 Å². The molecule has 0 saturated heterocycles. The van der Waals surface area contributed by atoms with Crippen molar-refractivity contribution < 1.29 is 188 Å². The van der Waals surface area contributed by atoms with E-state index in [1.54, 1.807) is 0 Å². The maximum atomic E-state index is 0. The summed E-state index contributed by atoms with van der Waals surface area (Å²) in [5.74, 6) is 0. The Morgan fingerprint density at radius 2 is 1.17 bits per heavy atom. The van der Waals surface area contributed by atoms with Crippen LogP contribution in [0.25, 0.3) is 0 Å². The monoisotopic (exact) mass is 688 g/mol. The van der Waals surface area contributed by atoms with Crippen molar-refractivity contribution in [1.82, 2.24) is 0 Å². The van der Waals surface area contributed by atoms with Crippen LogP contribution in [0, 0.1) is 37.7 Å². The third kappa shape index (κ3) is 22.5. The normalized spacial score (nSPS) is 0. The first kappa shape index (κ1) is 40.2. The summed E-state index contributed by atoms with van der Waals surface area (Å²) in [6, 6.07) is 0. The molecule has 0 aromatic carbocycles. The zero-order valence-electron chi connectivity index (χ0n) is 4.34. The van der Waals surface area contributed by atoms with Crippen molar-refractivity contribution >= 4 is 0 Å². The molecule has 32 valence electrons. The van der Waals surface area contributed by atoms with Crippen molar-refractivity contribution in [3.05, 3.63) is 0 Å². The fourth-order valence-electron chi connectivity index (χ4n) is 0. The first-order valence-electron chi connectivity index (χ1n) is 0. The van der Waals surface area contributed by atoms with Crippen LogP contribution in [0.4, 0.5) is 0 Å². The summed E-state index contributed by atoms with van der Waals surface area (Å²) in [7, 11) is 0.